The molecule has 1 unspecified atom stereocenters. The third-order valence-corrected chi connectivity index (χ3v) is 19.2. The van der Waals surface area contributed by atoms with Gasteiger partial charge in [0.25, 0.3) is 0 Å². The van der Waals surface area contributed by atoms with Crippen molar-refractivity contribution < 1.29 is 0 Å². The van der Waals surface area contributed by atoms with Gasteiger partial charge in [0.05, 0.1) is 22.4 Å². The van der Waals surface area contributed by atoms with E-state index in [-0.39, 0.29) is 10.8 Å². The van der Waals surface area contributed by atoms with E-state index in [0.717, 1.165) is 23.5 Å². The van der Waals surface area contributed by atoms with E-state index in [1.165, 1.54) is 138 Å². The molecule has 0 bridgehead atoms. The summed E-state index contributed by atoms with van der Waals surface area (Å²) in [6, 6.07) is 87.0. The number of benzene rings is 12. The number of hydrogen-bond donors (Lipinski definition) is 0. The Balaban J connectivity index is 0.851. The lowest BCUT2D eigenvalue weighted by Gasteiger charge is -2.42. The van der Waals surface area contributed by atoms with E-state index in [2.05, 4.69) is 309 Å². The molecule has 0 saturated heterocycles. The van der Waals surface area contributed by atoms with Crippen LogP contribution in [0.25, 0.3) is 92.8 Å². The molecule has 4 aliphatic rings. The zero-order valence-electron chi connectivity index (χ0n) is 47.0. The molecular formula is C80H59N3. The molecule has 0 saturated carbocycles. The van der Waals surface area contributed by atoms with Crippen molar-refractivity contribution in [3.05, 3.63) is 301 Å². The molecule has 12 aromatic carbocycles. The highest BCUT2D eigenvalue weighted by Gasteiger charge is 2.44. The molecule has 1 atom stereocenters. The molecule has 17 rings (SSSR count). The molecule has 3 nitrogen and oxygen atoms in total. The summed E-state index contributed by atoms with van der Waals surface area (Å²) in [5, 5.41) is 12.4. The van der Waals surface area contributed by atoms with Crippen molar-refractivity contribution in [1.82, 2.24) is 4.57 Å². The van der Waals surface area contributed by atoms with Gasteiger partial charge in [-0.05, 0) is 179 Å². The summed E-state index contributed by atoms with van der Waals surface area (Å²) in [6.45, 7) is 9.80. The van der Waals surface area contributed by atoms with Crippen molar-refractivity contribution in [3.63, 3.8) is 0 Å². The number of aromatic nitrogens is 1. The number of para-hydroxylation sites is 1. The van der Waals surface area contributed by atoms with Crippen LogP contribution in [0.1, 0.15) is 56.4 Å². The van der Waals surface area contributed by atoms with E-state index in [1.54, 1.807) is 0 Å². The van der Waals surface area contributed by atoms with Gasteiger partial charge in [-0.3, -0.25) is 0 Å². The van der Waals surface area contributed by atoms with Crippen LogP contribution in [-0.4, -0.2) is 4.57 Å². The fourth-order valence-corrected chi connectivity index (χ4v) is 14.9. The maximum Gasteiger partial charge on any atom is 0.0582 e. The smallest absolute Gasteiger partial charge is 0.0582 e. The van der Waals surface area contributed by atoms with Crippen molar-refractivity contribution in [2.45, 2.75) is 44.9 Å². The Kier molecular flexibility index (Phi) is 10.2. The van der Waals surface area contributed by atoms with Crippen LogP contribution in [0.3, 0.4) is 0 Å². The van der Waals surface area contributed by atoms with Gasteiger partial charge >= 0.3 is 0 Å². The van der Waals surface area contributed by atoms with Crippen LogP contribution < -0.4 is 9.80 Å². The molecular weight excluding hydrogens is 1000 g/mol. The lowest BCUT2D eigenvalue weighted by Crippen LogP contribution is -2.33. The van der Waals surface area contributed by atoms with Crippen molar-refractivity contribution >= 4 is 93.3 Å². The predicted octanol–water partition coefficient (Wildman–Crippen LogP) is 21.6. The summed E-state index contributed by atoms with van der Waals surface area (Å²) < 4.78 is 2.66. The summed E-state index contributed by atoms with van der Waals surface area (Å²) in [5.41, 5.74) is 22.2. The van der Waals surface area contributed by atoms with E-state index in [4.69, 9.17) is 0 Å². The summed E-state index contributed by atoms with van der Waals surface area (Å²) in [5.74, 6) is 0.332. The number of allylic oxidation sites excluding steroid dienone is 8. The Morgan fingerprint density at radius 2 is 0.904 bits per heavy atom. The van der Waals surface area contributed by atoms with E-state index < -0.39 is 0 Å². The minimum Gasteiger partial charge on any atom is -0.314 e. The van der Waals surface area contributed by atoms with Crippen LogP contribution in [0.5, 0.6) is 0 Å². The molecule has 83 heavy (non-hydrogen) atoms. The Labute approximate surface area is 484 Å². The maximum absolute atomic E-state index is 2.66. The number of fused-ring (bicyclic) bond motifs is 6. The first-order chi connectivity index (χ1) is 40.6. The molecule has 0 spiro atoms. The second kappa shape index (κ2) is 17.8. The molecule has 3 heteroatoms. The Hall–Kier alpha value is -9.96. The number of rotatable bonds is 8. The van der Waals surface area contributed by atoms with Gasteiger partial charge in [-0.1, -0.05) is 210 Å². The molecule has 1 aromatic heterocycles. The summed E-state index contributed by atoms with van der Waals surface area (Å²) >= 11 is 0. The first kappa shape index (κ1) is 47.8. The highest BCUT2D eigenvalue weighted by molar-refractivity contribution is 6.17. The van der Waals surface area contributed by atoms with Crippen LogP contribution in [-0.2, 0) is 10.8 Å². The van der Waals surface area contributed by atoms with Crippen LogP contribution in [0.2, 0.25) is 0 Å². The molecule has 2 aliphatic heterocycles. The Morgan fingerprint density at radius 1 is 0.386 bits per heavy atom. The van der Waals surface area contributed by atoms with Crippen LogP contribution in [0.15, 0.2) is 278 Å². The molecule has 13 aromatic rings. The molecule has 0 amide bonds. The topological polar surface area (TPSA) is 11.4 Å². The normalized spacial score (nSPS) is 16.0. The van der Waals surface area contributed by atoms with Gasteiger partial charge in [0.15, 0.2) is 0 Å². The van der Waals surface area contributed by atoms with Gasteiger partial charge in [0, 0.05) is 61.4 Å². The molecule has 394 valence electrons. The lowest BCUT2D eigenvalue weighted by molar-refractivity contribution is 0.594. The molecule has 3 heterocycles. The lowest BCUT2D eigenvalue weighted by atomic mass is 9.68. The van der Waals surface area contributed by atoms with Gasteiger partial charge in [0.1, 0.15) is 0 Å². The van der Waals surface area contributed by atoms with Gasteiger partial charge in [-0.15, -0.1) is 0 Å². The SMILES string of the molecule is CC1(C)c2cccc3c2-n2c4c1cc(-c1ccc(N(c5ccc6ccccc6c5)c5ccc6ccccc6c5)cc1)cc4c1cc(-c4ccc(N(C5=CC=C6C=CC=CC6C5)c5ccc6ccccc6c5)c5ccccc45)cc(c12)C3(C)C. The summed E-state index contributed by atoms with van der Waals surface area (Å²) in [6.07, 6.45) is 14.6. The Bertz CT molecular complexity index is 4990. The first-order valence-corrected chi connectivity index (χ1v) is 29.4. The Morgan fingerprint density at radius 3 is 1.51 bits per heavy atom. The number of hydrogen-bond acceptors (Lipinski definition) is 2. The van der Waals surface area contributed by atoms with Crippen molar-refractivity contribution in [2.24, 2.45) is 5.92 Å². The highest BCUT2D eigenvalue weighted by Crippen LogP contribution is 2.57. The van der Waals surface area contributed by atoms with E-state index in [0.29, 0.717) is 5.92 Å². The minimum atomic E-state index is -0.274. The quantitative estimate of drug-likeness (QED) is 0.150. The zero-order chi connectivity index (χ0) is 55.3. The van der Waals surface area contributed by atoms with Gasteiger partial charge < -0.3 is 14.4 Å². The average molecular weight is 1060 g/mol. The van der Waals surface area contributed by atoms with Crippen LogP contribution in [0, 0.1) is 5.92 Å². The molecule has 2 aliphatic carbocycles. The number of anilines is 5. The molecule has 0 radical (unpaired) electrons. The third kappa shape index (κ3) is 7.17. The first-order valence-electron chi connectivity index (χ1n) is 29.4. The number of nitrogens with zero attached hydrogens (tertiary/aromatic N) is 3. The summed E-state index contributed by atoms with van der Waals surface area (Å²) in [4.78, 5) is 4.94. The van der Waals surface area contributed by atoms with Gasteiger partial charge in [-0.2, -0.15) is 0 Å². The monoisotopic (exact) mass is 1060 g/mol. The van der Waals surface area contributed by atoms with Crippen molar-refractivity contribution in [1.29, 1.82) is 0 Å². The largest absolute Gasteiger partial charge is 0.314 e. The van der Waals surface area contributed by atoms with E-state index in [9.17, 15) is 0 Å². The van der Waals surface area contributed by atoms with Crippen LogP contribution in [0.4, 0.5) is 28.4 Å². The molecule has 0 N–H and O–H groups in total. The van der Waals surface area contributed by atoms with Crippen LogP contribution >= 0.6 is 0 Å². The van der Waals surface area contributed by atoms with Crippen molar-refractivity contribution in [3.8, 4) is 27.9 Å². The fourth-order valence-electron chi connectivity index (χ4n) is 14.9. The fraction of sp³-hybridized carbons (Fsp3) is 0.100. The zero-order valence-corrected chi connectivity index (χ0v) is 47.0. The minimum absolute atomic E-state index is 0.263. The summed E-state index contributed by atoms with van der Waals surface area (Å²) in [7, 11) is 0. The standard InChI is InChI=1S/C80H59N3/c1-79(2)71-26-15-27-72-78(71)83-76-69(46-59(48-73(76)79)54-28-34-61(35-29-54)81(62-36-30-50-16-5-9-20-55(50)42-62)63-37-31-51-17-6-10-21-56(51)43-63)70-47-60(49-74(77(70)83)80(72,3)4)66-40-41-75(68-25-14-13-24-67(66)68)82(64-38-32-52-18-7-11-22-57(52)44-64)65-39-33-53-19-8-12-23-58(53)45-65/h5-44,46-49,58H,45H2,1-4H3. The average Bonchev–Trinajstić information content (AvgIpc) is 1.67. The predicted molar refractivity (Wildman–Crippen MR) is 352 cm³/mol. The highest BCUT2D eigenvalue weighted by atomic mass is 15.2. The maximum atomic E-state index is 2.66. The van der Waals surface area contributed by atoms with Crippen molar-refractivity contribution in [2.75, 3.05) is 9.80 Å². The molecule has 0 fully saturated rings. The van der Waals surface area contributed by atoms with Gasteiger partial charge in [0.2, 0.25) is 0 Å². The second-order valence-corrected chi connectivity index (χ2v) is 24.5. The van der Waals surface area contributed by atoms with Gasteiger partial charge in [-0.25, -0.2) is 0 Å². The van der Waals surface area contributed by atoms with E-state index in [1.807, 2.05) is 0 Å². The third-order valence-electron chi connectivity index (χ3n) is 19.2. The van der Waals surface area contributed by atoms with E-state index >= 15 is 0 Å². The second-order valence-electron chi connectivity index (χ2n) is 24.5.